The predicted molar refractivity (Wildman–Crippen MR) is 30.5 cm³/mol. The predicted octanol–water partition coefficient (Wildman–Crippen LogP) is -2.87. The zero-order valence-corrected chi connectivity index (χ0v) is 12.7. The summed E-state index contributed by atoms with van der Waals surface area (Å²) in [5, 5.41) is 0. The van der Waals surface area contributed by atoms with Crippen molar-refractivity contribution >= 4 is 9.28 Å². The maximum absolute atomic E-state index is 8.83. The molecule has 1 heterocycles. The molecular weight excluding hydrogens is 241 g/mol. The molecule has 0 aromatic heterocycles. The van der Waals surface area contributed by atoms with E-state index in [2.05, 4.69) is 0 Å². The molecule has 1 rings (SSSR count). The molecule has 1 saturated heterocycles. The summed E-state index contributed by atoms with van der Waals surface area (Å²) in [6.45, 7) is 0.799. The van der Waals surface area contributed by atoms with E-state index < -0.39 is 9.28 Å². The largest absolute Gasteiger partial charge is 1.00 e. The van der Waals surface area contributed by atoms with Crippen molar-refractivity contribution in [1.29, 1.82) is 0 Å². The molecule has 44 valence electrons. The van der Waals surface area contributed by atoms with Crippen molar-refractivity contribution in [2.45, 2.75) is 18.9 Å². The topological polar surface area (TPSA) is 29.5 Å². The van der Waals surface area contributed by atoms with Crippen molar-refractivity contribution in [1.82, 2.24) is 0 Å². The Kier molecular flexibility index (Phi) is 7.56. The van der Waals surface area contributed by atoms with Crippen molar-refractivity contribution in [3.05, 3.63) is 0 Å². The molecule has 0 aromatic carbocycles. The van der Waals surface area contributed by atoms with Crippen molar-refractivity contribution in [3.63, 3.8) is 0 Å². The number of rotatable bonds is 0. The molecule has 4 heteroatoms. The first-order valence-corrected chi connectivity index (χ1v) is 4.50. The van der Waals surface area contributed by atoms with E-state index in [1.54, 1.807) is 0 Å². The monoisotopic (exact) mass is 252 g/mol. The number of hydrogen-bond donors (Lipinski definition) is 1. The van der Waals surface area contributed by atoms with E-state index in [0.717, 1.165) is 19.1 Å². The Labute approximate surface area is 112 Å². The summed E-state index contributed by atoms with van der Waals surface area (Å²) in [6.07, 6.45) is 2.32. The normalized spacial score (nSPS) is 28.9. The summed E-state index contributed by atoms with van der Waals surface area (Å²) in [5.74, 6) is 0. The molecule has 0 amide bonds. The fourth-order valence-electron chi connectivity index (χ4n) is 0.724. The van der Waals surface area contributed by atoms with Gasteiger partial charge in [-0.15, -0.1) is 0 Å². The molecule has 1 aliphatic heterocycles. The number of hydrogen-bond acceptors (Lipinski definition) is 2. The van der Waals surface area contributed by atoms with Crippen molar-refractivity contribution in [2.24, 2.45) is 0 Å². The Bertz CT molecular complexity index is 60.5. The summed E-state index contributed by atoms with van der Waals surface area (Å²) in [5.41, 5.74) is 0. The summed E-state index contributed by atoms with van der Waals surface area (Å²) in [7, 11) is -1.59. The Hall–Kier alpha value is 2.19. The summed E-state index contributed by atoms with van der Waals surface area (Å²) in [6, 6.07) is 0.958. The maximum Gasteiger partial charge on any atom is 1.00 e. The molecule has 0 saturated carbocycles. The Morgan fingerprint density at radius 3 is 2.50 bits per heavy atom. The molecule has 1 N–H and O–H groups in total. The molecule has 1 atom stereocenters. The van der Waals surface area contributed by atoms with Crippen molar-refractivity contribution in [3.8, 4) is 0 Å². The van der Waals surface area contributed by atoms with Crippen LogP contribution in [0.5, 0.6) is 0 Å². The van der Waals surface area contributed by atoms with Gasteiger partial charge in [-0.1, -0.05) is 0 Å². The van der Waals surface area contributed by atoms with Crippen molar-refractivity contribution < 1.29 is 79.5 Å². The van der Waals surface area contributed by atoms with Crippen LogP contribution in [0.4, 0.5) is 0 Å². The minimum atomic E-state index is -1.59. The first-order chi connectivity index (χ1) is 3.39. The summed E-state index contributed by atoms with van der Waals surface area (Å²) in [4.78, 5) is 8.83. The molecule has 0 aliphatic carbocycles. The van der Waals surface area contributed by atoms with Gasteiger partial charge in [0, 0.05) is 6.61 Å². The third-order valence-corrected chi connectivity index (χ3v) is 2.68. The second-order valence-electron chi connectivity index (χ2n) is 1.82. The van der Waals surface area contributed by atoms with E-state index in [1.807, 2.05) is 0 Å². The van der Waals surface area contributed by atoms with Crippen LogP contribution in [-0.4, -0.2) is 20.7 Å². The van der Waals surface area contributed by atoms with Crippen LogP contribution in [-0.2, 0) is 4.43 Å². The summed E-state index contributed by atoms with van der Waals surface area (Å²) >= 11 is 0. The van der Waals surface area contributed by atoms with Crippen LogP contribution in [0.1, 0.15) is 14.3 Å². The maximum atomic E-state index is 8.83. The van der Waals surface area contributed by atoms with Gasteiger partial charge in [0.25, 0.3) is 0 Å². The average molecular weight is 252 g/mol. The van der Waals surface area contributed by atoms with Crippen LogP contribution in [0.25, 0.3) is 0 Å². The smallest absolute Gasteiger partial charge is 1.00 e. The minimum absolute atomic E-state index is 0. The molecular formula is C4H11CsO2Si. The van der Waals surface area contributed by atoms with Gasteiger partial charge in [0.1, 0.15) is 0 Å². The van der Waals surface area contributed by atoms with Crippen LogP contribution in [0.3, 0.4) is 0 Å². The molecule has 1 aliphatic rings. The first kappa shape index (κ1) is 10.2. The third-order valence-electron chi connectivity index (χ3n) is 1.16. The molecule has 1 fully saturated rings. The second kappa shape index (κ2) is 5.94. The molecule has 1 unspecified atom stereocenters. The minimum Gasteiger partial charge on any atom is -1.00 e. The fraction of sp³-hybridized carbons (Fsp3) is 1.00. The van der Waals surface area contributed by atoms with E-state index in [0.29, 0.717) is 0 Å². The quantitative estimate of drug-likeness (QED) is 0.469. The first-order valence-electron chi connectivity index (χ1n) is 2.69. The molecule has 0 radical (unpaired) electrons. The fourth-order valence-corrected chi connectivity index (χ4v) is 1.97. The van der Waals surface area contributed by atoms with Gasteiger partial charge in [-0.05, 0) is 18.9 Å². The van der Waals surface area contributed by atoms with Crippen LogP contribution >= 0.6 is 0 Å². The molecule has 0 bridgehead atoms. The standard InChI is InChI=1S/C4H10O2Si.Cs.H/c5-7-4-2-1-3-6-7;;/h5,7H,1-4H2;;/q;+1;-1. The molecule has 8 heavy (non-hydrogen) atoms. The van der Waals surface area contributed by atoms with Gasteiger partial charge in [0.2, 0.25) is 0 Å². The SMILES string of the molecule is O[SiH]1CCCCO1.[Cs+].[H-]. The van der Waals surface area contributed by atoms with Gasteiger partial charge >= 0.3 is 78.2 Å². The van der Waals surface area contributed by atoms with Crippen LogP contribution in [0.2, 0.25) is 6.04 Å². The van der Waals surface area contributed by atoms with Crippen LogP contribution in [0.15, 0.2) is 0 Å². The van der Waals surface area contributed by atoms with E-state index >= 15 is 0 Å². The molecule has 0 aromatic rings. The molecule has 0 spiro atoms. The summed E-state index contributed by atoms with van der Waals surface area (Å²) < 4.78 is 4.97. The van der Waals surface area contributed by atoms with E-state index in [-0.39, 0.29) is 70.3 Å². The van der Waals surface area contributed by atoms with Crippen LogP contribution < -0.4 is 68.9 Å². The van der Waals surface area contributed by atoms with Crippen molar-refractivity contribution in [2.75, 3.05) is 6.61 Å². The van der Waals surface area contributed by atoms with Gasteiger partial charge in [-0.3, -0.25) is 0 Å². The van der Waals surface area contributed by atoms with Gasteiger partial charge in [-0.2, -0.15) is 0 Å². The van der Waals surface area contributed by atoms with Gasteiger partial charge in [0.15, 0.2) is 0 Å². The third kappa shape index (κ3) is 4.08. The van der Waals surface area contributed by atoms with E-state index in [9.17, 15) is 0 Å². The Morgan fingerprint density at radius 2 is 2.25 bits per heavy atom. The van der Waals surface area contributed by atoms with E-state index in [1.165, 1.54) is 6.42 Å². The van der Waals surface area contributed by atoms with E-state index in [4.69, 9.17) is 9.22 Å². The second-order valence-corrected chi connectivity index (χ2v) is 3.64. The Morgan fingerprint density at radius 1 is 1.50 bits per heavy atom. The zero-order chi connectivity index (χ0) is 5.11. The van der Waals surface area contributed by atoms with Crippen LogP contribution in [0, 0.1) is 0 Å². The molecule has 2 nitrogen and oxygen atoms in total. The van der Waals surface area contributed by atoms with Gasteiger partial charge in [0.05, 0.1) is 0 Å². The van der Waals surface area contributed by atoms with Gasteiger partial charge < -0.3 is 10.6 Å². The average Bonchev–Trinajstić information content (AvgIpc) is 1.69. The zero-order valence-electron chi connectivity index (χ0n) is 6.26. The van der Waals surface area contributed by atoms with Gasteiger partial charge in [-0.25, -0.2) is 0 Å². The Balaban J connectivity index is 0.